The SMILES string of the molecule is O=C(Nc1ccc(C2=NNC(=O)[C@@](c3cccc4ncccc34)(C(F)(F)F)C2)cc1)Oc1ccc(NO)cc1. The minimum absolute atomic E-state index is 0.0135. The molecule has 0 fully saturated rings. The van der Waals surface area contributed by atoms with Crippen molar-refractivity contribution in [3.63, 3.8) is 0 Å². The molecule has 2 heterocycles. The van der Waals surface area contributed by atoms with Gasteiger partial charge in [-0.2, -0.15) is 18.3 Å². The molecular formula is C27H20F3N5O4. The summed E-state index contributed by atoms with van der Waals surface area (Å²) in [5, 5.41) is 15.5. The van der Waals surface area contributed by atoms with Gasteiger partial charge in [0.05, 0.1) is 16.9 Å². The second-order valence-electron chi connectivity index (χ2n) is 8.68. The summed E-state index contributed by atoms with van der Waals surface area (Å²) >= 11 is 0. The summed E-state index contributed by atoms with van der Waals surface area (Å²) in [4.78, 5) is 29.3. The van der Waals surface area contributed by atoms with Crippen molar-refractivity contribution in [2.75, 3.05) is 10.8 Å². The Morgan fingerprint density at radius 2 is 1.69 bits per heavy atom. The quantitative estimate of drug-likeness (QED) is 0.255. The number of hydrazone groups is 1. The Morgan fingerprint density at radius 1 is 0.974 bits per heavy atom. The molecule has 1 aliphatic heterocycles. The molecule has 0 spiro atoms. The molecule has 0 unspecified atom stereocenters. The maximum absolute atomic E-state index is 14.8. The molecule has 12 heteroatoms. The number of benzene rings is 3. The summed E-state index contributed by atoms with van der Waals surface area (Å²) in [5.74, 6) is -1.05. The van der Waals surface area contributed by atoms with Gasteiger partial charge in [-0.15, -0.1) is 0 Å². The van der Waals surface area contributed by atoms with Crippen LogP contribution in [-0.4, -0.2) is 34.1 Å². The molecule has 39 heavy (non-hydrogen) atoms. The minimum Gasteiger partial charge on any atom is -0.410 e. The highest BCUT2D eigenvalue weighted by Gasteiger charge is 2.63. The lowest BCUT2D eigenvalue weighted by Gasteiger charge is -2.37. The van der Waals surface area contributed by atoms with Crippen molar-refractivity contribution in [1.29, 1.82) is 0 Å². The number of hydrogen-bond donors (Lipinski definition) is 4. The number of anilines is 2. The molecule has 0 radical (unpaired) electrons. The summed E-state index contributed by atoms with van der Waals surface area (Å²) in [6.07, 6.45) is -5.01. The van der Waals surface area contributed by atoms with Crippen LogP contribution >= 0.6 is 0 Å². The number of ether oxygens (including phenoxy) is 1. The highest BCUT2D eigenvalue weighted by atomic mass is 19.4. The predicted molar refractivity (Wildman–Crippen MR) is 137 cm³/mol. The van der Waals surface area contributed by atoms with Crippen molar-refractivity contribution in [2.45, 2.75) is 18.0 Å². The number of alkyl halides is 3. The number of nitrogens with one attached hydrogen (secondary N) is 3. The number of carbonyl (C=O) groups excluding carboxylic acids is 2. The van der Waals surface area contributed by atoms with Crippen LogP contribution in [0.25, 0.3) is 10.9 Å². The van der Waals surface area contributed by atoms with Crippen LogP contribution in [0, 0.1) is 0 Å². The normalized spacial score (nSPS) is 17.2. The zero-order valence-electron chi connectivity index (χ0n) is 20.0. The average molecular weight is 535 g/mol. The van der Waals surface area contributed by atoms with Gasteiger partial charge in [0, 0.05) is 23.7 Å². The van der Waals surface area contributed by atoms with Gasteiger partial charge in [0.25, 0.3) is 5.91 Å². The van der Waals surface area contributed by atoms with E-state index in [1.165, 1.54) is 79.0 Å². The number of pyridine rings is 1. The maximum atomic E-state index is 14.8. The molecule has 4 aromatic rings. The van der Waals surface area contributed by atoms with Gasteiger partial charge < -0.3 is 4.74 Å². The van der Waals surface area contributed by atoms with Gasteiger partial charge >= 0.3 is 12.3 Å². The summed E-state index contributed by atoms with van der Waals surface area (Å²) in [7, 11) is 0. The van der Waals surface area contributed by atoms with Crippen LogP contribution in [-0.2, 0) is 10.2 Å². The van der Waals surface area contributed by atoms with E-state index in [1.807, 2.05) is 5.48 Å². The lowest BCUT2D eigenvalue weighted by molar-refractivity contribution is -0.194. The molecule has 4 N–H and O–H groups in total. The van der Waals surface area contributed by atoms with E-state index < -0.39 is 30.0 Å². The van der Waals surface area contributed by atoms with Crippen LogP contribution in [0.15, 0.2) is 90.2 Å². The average Bonchev–Trinajstić information content (AvgIpc) is 2.93. The van der Waals surface area contributed by atoms with E-state index in [1.54, 1.807) is 6.07 Å². The van der Waals surface area contributed by atoms with Crippen LogP contribution in [0.3, 0.4) is 0 Å². The van der Waals surface area contributed by atoms with Crippen molar-refractivity contribution in [2.24, 2.45) is 5.10 Å². The van der Waals surface area contributed by atoms with Crippen LogP contribution in [0.5, 0.6) is 5.75 Å². The first kappa shape index (κ1) is 25.7. The van der Waals surface area contributed by atoms with Gasteiger partial charge in [-0.05, 0) is 59.7 Å². The largest absolute Gasteiger partial charge is 0.417 e. The third-order valence-electron chi connectivity index (χ3n) is 6.36. The number of hydrogen-bond acceptors (Lipinski definition) is 7. The second kappa shape index (κ2) is 10.1. The lowest BCUT2D eigenvalue weighted by atomic mass is 9.71. The first-order chi connectivity index (χ1) is 18.7. The van der Waals surface area contributed by atoms with E-state index >= 15 is 0 Å². The highest BCUT2D eigenvalue weighted by molar-refractivity contribution is 6.09. The van der Waals surface area contributed by atoms with E-state index in [0.717, 1.165) is 0 Å². The molecule has 198 valence electrons. The molecule has 1 aliphatic rings. The summed E-state index contributed by atoms with van der Waals surface area (Å²) < 4.78 is 49.5. The molecule has 1 aromatic heterocycles. The van der Waals surface area contributed by atoms with Crippen LogP contribution in [0.1, 0.15) is 17.5 Å². The molecule has 3 aromatic carbocycles. The zero-order chi connectivity index (χ0) is 27.6. The Balaban J connectivity index is 1.39. The number of aromatic nitrogens is 1. The standard InChI is InChI=1S/C27H20F3N5O4/c28-27(29,30)26(21-4-1-5-22-20(21)3-2-14-31-22)15-23(33-34-24(26)36)16-6-8-17(9-7-16)32-25(37)39-19-12-10-18(35-38)11-13-19/h1-14,35,38H,15H2,(H,32,37)(H,34,36)/t26-/m1/s1. The van der Waals surface area contributed by atoms with Crippen molar-refractivity contribution in [3.05, 3.63) is 96.2 Å². The molecule has 0 aliphatic carbocycles. The third-order valence-corrected chi connectivity index (χ3v) is 6.36. The fourth-order valence-electron chi connectivity index (χ4n) is 4.42. The zero-order valence-corrected chi connectivity index (χ0v) is 20.0. The van der Waals surface area contributed by atoms with Crippen molar-refractivity contribution in [3.8, 4) is 5.75 Å². The Labute approximate surface area is 219 Å². The molecule has 2 amide bonds. The Bertz CT molecular complexity index is 1570. The van der Waals surface area contributed by atoms with Crippen LogP contribution in [0.2, 0.25) is 0 Å². The summed E-state index contributed by atoms with van der Waals surface area (Å²) in [6.45, 7) is 0. The van der Waals surface area contributed by atoms with Gasteiger partial charge in [0.1, 0.15) is 5.75 Å². The molecule has 9 nitrogen and oxygen atoms in total. The smallest absolute Gasteiger partial charge is 0.410 e. The molecular weight excluding hydrogens is 515 g/mol. The molecule has 1 atom stereocenters. The van der Waals surface area contributed by atoms with Gasteiger partial charge in [0.15, 0.2) is 5.41 Å². The number of fused-ring (bicyclic) bond motifs is 1. The van der Waals surface area contributed by atoms with Gasteiger partial charge in [-0.25, -0.2) is 10.2 Å². The molecule has 0 saturated heterocycles. The van der Waals surface area contributed by atoms with E-state index in [0.29, 0.717) is 22.5 Å². The second-order valence-corrected chi connectivity index (χ2v) is 8.68. The number of carbonyl (C=O) groups is 2. The number of amides is 2. The number of halogens is 3. The van der Waals surface area contributed by atoms with Crippen molar-refractivity contribution in [1.82, 2.24) is 10.4 Å². The molecule has 0 bridgehead atoms. The van der Waals surface area contributed by atoms with E-state index in [2.05, 4.69) is 20.8 Å². The maximum Gasteiger partial charge on any atom is 0.417 e. The lowest BCUT2D eigenvalue weighted by Crippen LogP contribution is -2.57. The van der Waals surface area contributed by atoms with Gasteiger partial charge in [-0.1, -0.05) is 30.3 Å². The topological polar surface area (TPSA) is 125 Å². The third kappa shape index (κ3) is 4.84. The highest BCUT2D eigenvalue weighted by Crippen LogP contribution is 2.48. The van der Waals surface area contributed by atoms with E-state index in [4.69, 9.17) is 9.94 Å². The Hall–Kier alpha value is -4.97. The van der Waals surface area contributed by atoms with Crippen molar-refractivity contribution < 1.29 is 32.7 Å². The van der Waals surface area contributed by atoms with Crippen LogP contribution < -0.4 is 21.0 Å². The van der Waals surface area contributed by atoms with E-state index in [9.17, 15) is 22.8 Å². The first-order valence-corrected chi connectivity index (χ1v) is 11.6. The first-order valence-electron chi connectivity index (χ1n) is 11.6. The summed E-state index contributed by atoms with van der Waals surface area (Å²) in [6, 6.07) is 19.2. The van der Waals surface area contributed by atoms with Crippen LogP contribution in [0.4, 0.5) is 29.3 Å². The van der Waals surface area contributed by atoms with E-state index in [-0.39, 0.29) is 22.4 Å². The fraction of sp³-hybridized carbons (Fsp3) is 0.111. The molecule has 5 rings (SSSR count). The molecule has 0 saturated carbocycles. The van der Waals surface area contributed by atoms with Crippen molar-refractivity contribution >= 4 is 40.0 Å². The predicted octanol–water partition coefficient (Wildman–Crippen LogP) is 5.37. The Kier molecular flexibility index (Phi) is 6.62. The van der Waals surface area contributed by atoms with Gasteiger partial charge in [0.2, 0.25) is 0 Å². The fourth-order valence-corrected chi connectivity index (χ4v) is 4.42. The number of rotatable bonds is 5. The monoisotopic (exact) mass is 535 g/mol. The number of nitrogens with zero attached hydrogens (tertiary/aromatic N) is 2. The summed E-state index contributed by atoms with van der Waals surface area (Å²) in [5.41, 5.74) is 2.32. The Morgan fingerprint density at radius 3 is 2.38 bits per heavy atom. The minimum atomic E-state index is -4.95. The van der Waals surface area contributed by atoms with Gasteiger partial charge in [-0.3, -0.25) is 25.8 Å².